The quantitative estimate of drug-likeness (QED) is 0.696. The molecule has 1 aromatic heterocycles. The second kappa shape index (κ2) is 9.26. The lowest BCUT2D eigenvalue weighted by atomic mass is 9.90. The van der Waals surface area contributed by atoms with Crippen molar-refractivity contribution in [2.24, 2.45) is 11.8 Å². The molecule has 2 heterocycles. The van der Waals surface area contributed by atoms with E-state index in [4.69, 9.17) is 4.74 Å². The Kier molecular flexibility index (Phi) is 6.50. The fourth-order valence-electron chi connectivity index (χ4n) is 4.10. The van der Waals surface area contributed by atoms with Crippen molar-refractivity contribution in [2.75, 3.05) is 13.1 Å². The molecule has 2 aromatic rings. The molecular weight excluding hydrogens is 382 g/mol. The fraction of sp³-hybridized carbons (Fsp3) is 0.565. The van der Waals surface area contributed by atoms with Gasteiger partial charge in [-0.3, -0.25) is 9.69 Å². The molecule has 1 aromatic carbocycles. The molecule has 1 saturated heterocycles. The van der Waals surface area contributed by atoms with Gasteiger partial charge < -0.3 is 10.1 Å². The minimum absolute atomic E-state index is 0.0349. The average molecular weight is 414 g/mol. The summed E-state index contributed by atoms with van der Waals surface area (Å²) in [5.74, 6) is 1.76. The van der Waals surface area contributed by atoms with E-state index in [2.05, 4.69) is 39.5 Å². The van der Waals surface area contributed by atoms with E-state index in [9.17, 15) is 4.79 Å². The molecule has 0 radical (unpaired) electrons. The van der Waals surface area contributed by atoms with Crippen LogP contribution in [-0.2, 0) is 11.3 Å². The summed E-state index contributed by atoms with van der Waals surface area (Å²) in [6, 6.07) is 8.48. The van der Waals surface area contributed by atoms with Gasteiger partial charge in [-0.05, 0) is 69.7 Å². The zero-order valence-corrected chi connectivity index (χ0v) is 18.2. The summed E-state index contributed by atoms with van der Waals surface area (Å²) >= 11 is 1.65. The number of likely N-dealkylation sites (tertiary alicyclic amines) is 1. The van der Waals surface area contributed by atoms with Crippen LogP contribution in [0.25, 0.3) is 0 Å². The van der Waals surface area contributed by atoms with Gasteiger partial charge in [-0.15, -0.1) is 11.3 Å². The Labute approximate surface area is 177 Å². The van der Waals surface area contributed by atoms with Crippen molar-refractivity contribution in [1.82, 2.24) is 15.2 Å². The normalized spacial score (nSPS) is 21.1. The SMILES string of the molecule is CC(C)Oc1ccc(CN2CCC[C@@H]([C@@H](NC(=O)C3CC3)c3nccs3)C2)cc1. The zero-order chi connectivity index (χ0) is 20.2. The van der Waals surface area contributed by atoms with Crippen molar-refractivity contribution in [3.63, 3.8) is 0 Å². The highest BCUT2D eigenvalue weighted by atomic mass is 32.1. The number of aromatic nitrogens is 1. The van der Waals surface area contributed by atoms with Crippen LogP contribution in [0.4, 0.5) is 0 Å². The molecule has 2 fully saturated rings. The van der Waals surface area contributed by atoms with Crippen molar-refractivity contribution in [3.8, 4) is 5.75 Å². The van der Waals surface area contributed by atoms with Crippen LogP contribution >= 0.6 is 11.3 Å². The van der Waals surface area contributed by atoms with Crippen molar-refractivity contribution in [1.29, 1.82) is 0 Å². The number of thiazole rings is 1. The molecule has 1 aliphatic heterocycles. The van der Waals surface area contributed by atoms with Gasteiger partial charge in [0.25, 0.3) is 0 Å². The molecule has 1 aliphatic carbocycles. The van der Waals surface area contributed by atoms with E-state index in [1.54, 1.807) is 11.3 Å². The lowest BCUT2D eigenvalue weighted by molar-refractivity contribution is -0.123. The monoisotopic (exact) mass is 413 g/mol. The number of piperidine rings is 1. The second-order valence-corrected chi connectivity index (χ2v) is 9.50. The van der Waals surface area contributed by atoms with E-state index in [0.717, 1.165) is 56.1 Å². The number of hydrogen-bond acceptors (Lipinski definition) is 5. The van der Waals surface area contributed by atoms with Crippen molar-refractivity contribution in [3.05, 3.63) is 46.4 Å². The van der Waals surface area contributed by atoms with Crippen LogP contribution in [-0.4, -0.2) is 35.0 Å². The standard InChI is InChI=1S/C23H31N3O2S/c1-16(2)28-20-9-5-17(6-10-20)14-26-12-3-4-19(15-26)21(23-24-11-13-29-23)25-22(27)18-7-8-18/h5-6,9-11,13,16,18-19,21H,3-4,7-8,12,14-15H2,1-2H3,(H,25,27)/t19-,21-/m1/s1. The molecule has 156 valence electrons. The molecular formula is C23H31N3O2S. The van der Waals surface area contributed by atoms with E-state index in [1.807, 2.05) is 25.4 Å². The molecule has 0 bridgehead atoms. The van der Waals surface area contributed by atoms with Gasteiger partial charge in [-0.25, -0.2) is 4.98 Å². The van der Waals surface area contributed by atoms with E-state index >= 15 is 0 Å². The molecule has 1 N–H and O–H groups in total. The van der Waals surface area contributed by atoms with Crippen molar-refractivity contribution in [2.45, 2.75) is 58.2 Å². The number of benzene rings is 1. The summed E-state index contributed by atoms with van der Waals surface area (Å²) in [6.45, 7) is 7.10. The molecule has 2 atom stereocenters. The third kappa shape index (κ3) is 5.58. The maximum Gasteiger partial charge on any atom is 0.223 e. The van der Waals surface area contributed by atoms with Crippen LogP contribution < -0.4 is 10.1 Å². The van der Waals surface area contributed by atoms with E-state index < -0.39 is 0 Å². The smallest absolute Gasteiger partial charge is 0.223 e. The average Bonchev–Trinajstić information content (AvgIpc) is 3.42. The molecule has 4 rings (SSSR count). The first-order valence-corrected chi connectivity index (χ1v) is 11.6. The van der Waals surface area contributed by atoms with Gasteiger partial charge in [0.2, 0.25) is 5.91 Å². The van der Waals surface area contributed by atoms with Gasteiger partial charge in [0.1, 0.15) is 10.8 Å². The molecule has 6 heteroatoms. The molecule has 5 nitrogen and oxygen atoms in total. The van der Waals surface area contributed by atoms with E-state index in [0.29, 0.717) is 5.92 Å². The van der Waals surface area contributed by atoms with Crippen LogP contribution in [0.2, 0.25) is 0 Å². The number of carbonyl (C=O) groups excluding carboxylic acids is 1. The van der Waals surface area contributed by atoms with Gasteiger partial charge in [0, 0.05) is 30.6 Å². The van der Waals surface area contributed by atoms with Gasteiger partial charge in [-0.1, -0.05) is 12.1 Å². The summed E-state index contributed by atoms with van der Waals surface area (Å²) in [5, 5.41) is 6.38. The number of nitrogens with one attached hydrogen (secondary N) is 1. The van der Waals surface area contributed by atoms with Gasteiger partial charge in [0.05, 0.1) is 12.1 Å². The highest BCUT2D eigenvalue weighted by molar-refractivity contribution is 7.09. The summed E-state index contributed by atoms with van der Waals surface area (Å²) in [4.78, 5) is 19.5. The first kappa shape index (κ1) is 20.4. The number of amides is 1. The predicted octanol–water partition coefficient (Wildman–Crippen LogP) is 4.41. The summed E-state index contributed by atoms with van der Waals surface area (Å²) in [7, 11) is 0. The van der Waals surface area contributed by atoms with Gasteiger partial charge in [-0.2, -0.15) is 0 Å². The third-order valence-electron chi connectivity index (χ3n) is 5.68. The van der Waals surface area contributed by atoms with Crippen LogP contribution in [0.1, 0.15) is 56.1 Å². The Bertz CT molecular complexity index is 787. The Hall–Kier alpha value is -1.92. The highest BCUT2D eigenvalue weighted by Crippen LogP contribution is 2.34. The van der Waals surface area contributed by atoms with Crippen LogP contribution in [0.15, 0.2) is 35.8 Å². The maximum atomic E-state index is 12.5. The Balaban J connectivity index is 1.40. The predicted molar refractivity (Wildman–Crippen MR) is 116 cm³/mol. The molecule has 1 saturated carbocycles. The number of nitrogens with zero attached hydrogens (tertiary/aromatic N) is 2. The minimum atomic E-state index is 0.0349. The Morgan fingerprint density at radius 1 is 1.28 bits per heavy atom. The van der Waals surface area contributed by atoms with E-state index in [1.165, 1.54) is 5.56 Å². The lowest BCUT2D eigenvalue weighted by Gasteiger charge is -2.36. The van der Waals surface area contributed by atoms with Crippen LogP contribution in [0.3, 0.4) is 0 Å². The van der Waals surface area contributed by atoms with E-state index in [-0.39, 0.29) is 24.0 Å². The van der Waals surface area contributed by atoms with Crippen molar-refractivity contribution < 1.29 is 9.53 Å². The van der Waals surface area contributed by atoms with Crippen LogP contribution in [0.5, 0.6) is 5.75 Å². The number of rotatable bonds is 8. The zero-order valence-electron chi connectivity index (χ0n) is 17.3. The Morgan fingerprint density at radius 3 is 2.72 bits per heavy atom. The topological polar surface area (TPSA) is 54.5 Å². The molecule has 0 unspecified atom stereocenters. The first-order valence-electron chi connectivity index (χ1n) is 10.8. The Morgan fingerprint density at radius 2 is 2.07 bits per heavy atom. The van der Waals surface area contributed by atoms with Gasteiger partial charge in [0.15, 0.2) is 0 Å². The minimum Gasteiger partial charge on any atom is -0.491 e. The summed E-state index contributed by atoms with van der Waals surface area (Å²) in [6.07, 6.45) is 6.38. The molecule has 0 spiro atoms. The maximum absolute atomic E-state index is 12.5. The number of carbonyl (C=O) groups is 1. The largest absolute Gasteiger partial charge is 0.491 e. The first-order chi connectivity index (χ1) is 14.1. The fourth-order valence-corrected chi connectivity index (χ4v) is 4.88. The molecule has 2 aliphatic rings. The summed E-state index contributed by atoms with van der Waals surface area (Å²) < 4.78 is 5.75. The number of ether oxygens (including phenoxy) is 1. The summed E-state index contributed by atoms with van der Waals surface area (Å²) in [5.41, 5.74) is 1.30. The third-order valence-corrected chi connectivity index (χ3v) is 6.54. The van der Waals surface area contributed by atoms with Gasteiger partial charge >= 0.3 is 0 Å². The van der Waals surface area contributed by atoms with Crippen molar-refractivity contribution >= 4 is 17.2 Å². The highest BCUT2D eigenvalue weighted by Gasteiger charge is 2.35. The second-order valence-electron chi connectivity index (χ2n) is 8.58. The molecule has 29 heavy (non-hydrogen) atoms. The lowest BCUT2D eigenvalue weighted by Crippen LogP contribution is -2.43. The molecule has 1 amide bonds. The van der Waals surface area contributed by atoms with Crippen LogP contribution in [0, 0.1) is 11.8 Å². The number of hydrogen-bond donors (Lipinski definition) is 1.